The lowest BCUT2D eigenvalue weighted by atomic mass is 10.0. The highest BCUT2D eigenvalue weighted by Gasteiger charge is 2.35. The van der Waals surface area contributed by atoms with Crippen LogP contribution in [-0.2, 0) is 5.33 Å². The molecule has 1 nitrogen and oxygen atoms in total. The molecule has 1 fully saturated rings. The highest BCUT2D eigenvalue weighted by Crippen LogP contribution is 2.37. The fourth-order valence-corrected chi connectivity index (χ4v) is 2.80. The van der Waals surface area contributed by atoms with E-state index >= 15 is 0 Å². The molecule has 17 heavy (non-hydrogen) atoms. The van der Waals surface area contributed by atoms with Gasteiger partial charge >= 0.3 is 0 Å². The van der Waals surface area contributed by atoms with Crippen LogP contribution >= 0.6 is 15.9 Å². The number of nitrogens with zero attached hydrogens (tertiary/aromatic N) is 1. The number of alkyl halides is 1. The van der Waals surface area contributed by atoms with E-state index in [4.69, 9.17) is 0 Å². The first-order valence-corrected chi connectivity index (χ1v) is 6.89. The van der Waals surface area contributed by atoms with Crippen molar-refractivity contribution in [3.05, 3.63) is 29.3 Å². The van der Waals surface area contributed by atoms with E-state index in [1.54, 1.807) is 0 Å². The molecule has 1 heterocycles. The van der Waals surface area contributed by atoms with Crippen molar-refractivity contribution in [3.8, 4) is 0 Å². The van der Waals surface area contributed by atoms with E-state index in [1.165, 1.54) is 12.1 Å². The molecule has 94 valence electrons. The summed E-state index contributed by atoms with van der Waals surface area (Å²) >= 11 is 3.21. The normalized spacial score (nSPS) is 18.8. The first-order valence-electron chi connectivity index (χ1n) is 5.77. The molecular formula is C13H16BrF2N. The van der Waals surface area contributed by atoms with Gasteiger partial charge in [-0.05, 0) is 44.4 Å². The Kier molecular flexibility index (Phi) is 3.43. The smallest absolute Gasteiger partial charge is 0.149 e. The van der Waals surface area contributed by atoms with Gasteiger partial charge in [-0.25, -0.2) is 8.78 Å². The van der Waals surface area contributed by atoms with Gasteiger partial charge in [-0.2, -0.15) is 0 Å². The van der Waals surface area contributed by atoms with Gasteiger partial charge in [0.25, 0.3) is 0 Å². The Bertz CT molecular complexity index is 408. The van der Waals surface area contributed by atoms with Crippen molar-refractivity contribution in [2.45, 2.75) is 37.6 Å². The van der Waals surface area contributed by atoms with E-state index in [0.29, 0.717) is 17.4 Å². The summed E-state index contributed by atoms with van der Waals surface area (Å²) in [5.74, 6) is -0.927. The second kappa shape index (κ2) is 4.56. The zero-order chi connectivity index (χ0) is 12.6. The quantitative estimate of drug-likeness (QED) is 0.739. The monoisotopic (exact) mass is 303 g/mol. The predicted molar refractivity (Wildman–Crippen MR) is 69.6 cm³/mol. The highest BCUT2D eigenvalue weighted by molar-refractivity contribution is 9.08. The molecule has 4 heteroatoms. The number of hydrogen-bond acceptors (Lipinski definition) is 1. The van der Waals surface area contributed by atoms with Crippen LogP contribution in [0.2, 0.25) is 0 Å². The van der Waals surface area contributed by atoms with Crippen molar-refractivity contribution in [2.75, 3.05) is 11.4 Å². The summed E-state index contributed by atoms with van der Waals surface area (Å²) in [6.07, 6.45) is 1.94. The third-order valence-corrected chi connectivity index (χ3v) is 4.05. The average molecular weight is 304 g/mol. The van der Waals surface area contributed by atoms with Crippen molar-refractivity contribution in [1.29, 1.82) is 0 Å². The van der Waals surface area contributed by atoms with Crippen molar-refractivity contribution in [3.63, 3.8) is 0 Å². The molecule has 1 saturated heterocycles. The highest BCUT2D eigenvalue weighted by atomic mass is 79.9. The summed E-state index contributed by atoms with van der Waals surface area (Å²) < 4.78 is 28.0. The first kappa shape index (κ1) is 12.8. The molecule has 2 rings (SSSR count). The maximum absolute atomic E-state index is 14.0. The zero-order valence-electron chi connectivity index (χ0n) is 10.1. The van der Waals surface area contributed by atoms with Crippen LogP contribution in [0, 0.1) is 11.6 Å². The van der Waals surface area contributed by atoms with E-state index in [0.717, 1.165) is 12.8 Å². The number of rotatable bonds is 2. The lowest BCUT2D eigenvalue weighted by Gasteiger charge is -2.34. The molecule has 1 aliphatic rings. The third-order valence-electron chi connectivity index (χ3n) is 3.40. The molecule has 0 saturated carbocycles. The predicted octanol–water partition coefficient (Wildman–Crippen LogP) is 4.24. The minimum Gasteiger partial charge on any atom is -0.362 e. The third kappa shape index (κ3) is 2.32. The minimum absolute atomic E-state index is 0.122. The molecule has 0 aliphatic carbocycles. The Labute approximate surface area is 109 Å². The molecule has 0 atom stereocenters. The van der Waals surface area contributed by atoms with Gasteiger partial charge in [0.1, 0.15) is 17.3 Å². The van der Waals surface area contributed by atoms with Crippen LogP contribution in [-0.4, -0.2) is 12.1 Å². The zero-order valence-corrected chi connectivity index (χ0v) is 11.7. The van der Waals surface area contributed by atoms with Crippen LogP contribution in [0.1, 0.15) is 32.3 Å². The summed E-state index contributed by atoms with van der Waals surface area (Å²) in [7, 11) is 0. The van der Waals surface area contributed by atoms with E-state index < -0.39 is 11.6 Å². The second-order valence-corrected chi connectivity index (χ2v) is 5.67. The Morgan fingerprint density at radius 2 is 1.88 bits per heavy atom. The van der Waals surface area contributed by atoms with Gasteiger partial charge in [0.15, 0.2) is 0 Å². The van der Waals surface area contributed by atoms with Crippen molar-refractivity contribution in [1.82, 2.24) is 0 Å². The van der Waals surface area contributed by atoms with Crippen LogP contribution < -0.4 is 4.90 Å². The molecule has 1 aromatic rings. The van der Waals surface area contributed by atoms with Crippen LogP contribution in [0.3, 0.4) is 0 Å². The van der Waals surface area contributed by atoms with Gasteiger partial charge in [-0.15, -0.1) is 0 Å². The standard InChI is InChI=1S/C13H16BrF2N/c1-13(2)4-3-5-17(13)12-10(15)6-9(8-14)7-11(12)16/h6-7H,3-5,8H2,1-2H3. The summed E-state index contributed by atoms with van der Waals surface area (Å²) in [6, 6.07) is 2.81. The maximum Gasteiger partial charge on any atom is 0.149 e. The number of benzene rings is 1. The Hall–Kier alpha value is -0.640. The molecule has 0 spiro atoms. The SMILES string of the molecule is CC1(C)CCCN1c1c(F)cc(CBr)cc1F. The van der Waals surface area contributed by atoms with Gasteiger partial charge in [-0.3, -0.25) is 0 Å². The average Bonchev–Trinajstić information content (AvgIpc) is 2.57. The van der Waals surface area contributed by atoms with E-state index in [9.17, 15) is 8.78 Å². The Morgan fingerprint density at radius 1 is 1.29 bits per heavy atom. The summed E-state index contributed by atoms with van der Waals surface area (Å²) in [4.78, 5) is 1.84. The molecule has 0 bridgehead atoms. The molecule has 0 amide bonds. The van der Waals surface area contributed by atoms with Gasteiger partial charge in [-0.1, -0.05) is 15.9 Å². The summed E-state index contributed by atoms with van der Waals surface area (Å²) in [6.45, 7) is 4.77. The van der Waals surface area contributed by atoms with E-state index in [2.05, 4.69) is 15.9 Å². The van der Waals surface area contributed by atoms with Crippen LogP contribution in [0.5, 0.6) is 0 Å². The van der Waals surface area contributed by atoms with Crippen LogP contribution in [0.4, 0.5) is 14.5 Å². The molecular weight excluding hydrogens is 288 g/mol. The van der Waals surface area contributed by atoms with E-state index in [-0.39, 0.29) is 11.2 Å². The van der Waals surface area contributed by atoms with Gasteiger partial charge in [0.05, 0.1) is 0 Å². The number of halogens is 3. The molecule has 0 unspecified atom stereocenters. The Morgan fingerprint density at radius 3 is 2.29 bits per heavy atom. The van der Waals surface area contributed by atoms with Gasteiger partial charge in [0.2, 0.25) is 0 Å². The summed E-state index contributed by atoms with van der Waals surface area (Å²) in [5.41, 5.74) is 0.579. The molecule has 1 aliphatic heterocycles. The fourth-order valence-electron chi connectivity index (χ4n) is 2.47. The van der Waals surface area contributed by atoms with Crippen LogP contribution in [0.15, 0.2) is 12.1 Å². The lowest BCUT2D eigenvalue weighted by molar-refractivity contribution is 0.491. The maximum atomic E-state index is 14.0. The fraction of sp³-hybridized carbons (Fsp3) is 0.538. The first-order chi connectivity index (χ1) is 7.95. The van der Waals surface area contributed by atoms with Crippen molar-refractivity contribution >= 4 is 21.6 Å². The lowest BCUT2D eigenvalue weighted by Crippen LogP contribution is -2.39. The van der Waals surface area contributed by atoms with Crippen molar-refractivity contribution < 1.29 is 8.78 Å². The minimum atomic E-state index is -0.463. The van der Waals surface area contributed by atoms with E-state index in [1.807, 2.05) is 18.7 Å². The number of hydrogen-bond donors (Lipinski definition) is 0. The molecule has 0 aromatic heterocycles. The molecule has 1 aromatic carbocycles. The largest absolute Gasteiger partial charge is 0.362 e. The van der Waals surface area contributed by atoms with Crippen molar-refractivity contribution in [2.24, 2.45) is 0 Å². The topological polar surface area (TPSA) is 3.24 Å². The molecule has 0 radical (unpaired) electrons. The van der Waals surface area contributed by atoms with Crippen LogP contribution in [0.25, 0.3) is 0 Å². The Balaban J connectivity index is 2.45. The second-order valence-electron chi connectivity index (χ2n) is 5.11. The van der Waals surface area contributed by atoms with Gasteiger partial charge in [0, 0.05) is 17.4 Å². The molecule has 0 N–H and O–H groups in total. The van der Waals surface area contributed by atoms with Gasteiger partial charge < -0.3 is 4.90 Å². The summed E-state index contributed by atoms with van der Waals surface area (Å²) in [5, 5.41) is 0.463. The number of anilines is 1.